The standard InChI is InChI=1S/C25H19N5O4/c1-33-17-7-9-19-21(13-17)27-12-11-22(19)34-18-8-10-23(28-14-18)29-15-20(24(26)31)25(32)30(29)16-5-3-2-4-6-16/h2-15H,1H3,(H2,26,31). The van der Waals surface area contributed by atoms with Crippen LogP contribution in [0.5, 0.6) is 17.2 Å². The third kappa shape index (κ3) is 3.75. The van der Waals surface area contributed by atoms with E-state index in [1.54, 1.807) is 55.8 Å². The Morgan fingerprint density at radius 2 is 1.76 bits per heavy atom. The summed E-state index contributed by atoms with van der Waals surface area (Å²) < 4.78 is 14.1. The molecule has 168 valence electrons. The molecule has 0 unspecified atom stereocenters. The zero-order valence-corrected chi connectivity index (χ0v) is 18.1. The van der Waals surface area contributed by atoms with Crippen LogP contribution in [0.4, 0.5) is 0 Å². The first kappa shape index (κ1) is 21.0. The smallest absolute Gasteiger partial charge is 0.284 e. The lowest BCUT2D eigenvalue weighted by molar-refractivity contribution is 0.0999. The molecule has 5 aromatic rings. The number of rotatable bonds is 6. The van der Waals surface area contributed by atoms with Crippen LogP contribution in [0.2, 0.25) is 0 Å². The highest BCUT2D eigenvalue weighted by Crippen LogP contribution is 2.30. The van der Waals surface area contributed by atoms with Crippen molar-refractivity contribution in [3.8, 4) is 28.8 Å². The molecule has 0 saturated heterocycles. The molecule has 2 N–H and O–H groups in total. The fraction of sp³-hybridized carbons (Fsp3) is 0.0400. The van der Waals surface area contributed by atoms with Crippen molar-refractivity contribution in [1.29, 1.82) is 0 Å². The van der Waals surface area contributed by atoms with Gasteiger partial charge in [-0.25, -0.2) is 14.3 Å². The molecule has 3 aromatic heterocycles. The predicted octanol–water partition coefficient (Wildman–Crippen LogP) is 3.47. The molecular weight excluding hydrogens is 434 g/mol. The van der Waals surface area contributed by atoms with E-state index in [9.17, 15) is 9.59 Å². The number of amides is 1. The van der Waals surface area contributed by atoms with Crippen molar-refractivity contribution in [3.05, 3.63) is 101 Å². The second-order valence-electron chi connectivity index (χ2n) is 7.35. The molecule has 34 heavy (non-hydrogen) atoms. The number of para-hydroxylation sites is 1. The van der Waals surface area contributed by atoms with E-state index in [0.29, 0.717) is 28.8 Å². The third-order valence-corrected chi connectivity index (χ3v) is 5.25. The summed E-state index contributed by atoms with van der Waals surface area (Å²) >= 11 is 0. The number of methoxy groups -OCH3 is 1. The first-order chi connectivity index (χ1) is 16.5. The van der Waals surface area contributed by atoms with Gasteiger partial charge >= 0.3 is 0 Å². The van der Waals surface area contributed by atoms with Gasteiger partial charge in [-0.05, 0) is 42.5 Å². The summed E-state index contributed by atoms with van der Waals surface area (Å²) in [6.07, 6.45) is 4.57. The van der Waals surface area contributed by atoms with Crippen LogP contribution in [0.3, 0.4) is 0 Å². The van der Waals surface area contributed by atoms with E-state index in [4.69, 9.17) is 15.2 Å². The topological polar surface area (TPSA) is 114 Å². The van der Waals surface area contributed by atoms with Gasteiger partial charge < -0.3 is 15.2 Å². The molecule has 9 heteroatoms. The monoisotopic (exact) mass is 453 g/mol. The van der Waals surface area contributed by atoms with E-state index in [2.05, 4.69) is 9.97 Å². The van der Waals surface area contributed by atoms with Crippen LogP contribution in [0.15, 0.2) is 90.1 Å². The number of ether oxygens (including phenoxy) is 2. The summed E-state index contributed by atoms with van der Waals surface area (Å²) in [5.74, 6) is 1.40. The van der Waals surface area contributed by atoms with Crippen LogP contribution in [-0.2, 0) is 0 Å². The number of aromatic nitrogens is 4. The number of carbonyl (C=O) groups excluding carboxylic acids is 1. The minimum atomic E-state index is -0.811. The van der Waals surface area contributed by atoms with E-state index in [-0.39, 0.29) is 5.56 Å². The maximum Gasteiger partial charge on any atom is 0.284 e. The number of pyridine rings is 2. The first-order valence-electron chi connectivity index (χ1n) is 10.3. The molecule has 0 aliphatic heterocycles. The molecule has 0 spiro atoms. The Balaban J connectivity index is 1.51. The first-order valence-corrected chi connectivity index (χ1v) is 10.3. The average Bonchev–Trinajstić information content (AvgIpc) is 3.22. The molecule has 0 atom stereocenters. The number of benzene rings is 2. The minimum Gasteiger partial charge on any atom is -0.497 e. The van der Waals surface area contributed by atoms with Crippen LogP contribution in [-0.4, -0.2) is 32.3 Å². The van der Waals surface area contributed by atoms with Gasteiger partial charge in [0, 0.05) is 23.8 Å². The second kappa shape index (κ2) is 8.55. The Kier molecular flexibility index (Phi) is 5.27. The van der Waals surface area contributed by atoms with Gasteiger partial charge in [0.25, 0.3) is 11.5 Å². The van der Waals surface area contributed by atoms with Crippen molar-refractivity contribution < 1.29 is 14.3 Å². The number of hydrogen-bond acceptors (Lipinski definition) is 6. The summed E-state index contributed by atoms with van der Waals surface area (Å²) in [5, 5.41) is 0.821. The van der Waals surface area contributed by atoms with E-state index >= 15 is 0 Å². The Morgan fingerprint density at radius 3 is 2.47 bits per heavy atom. The second-order valence-corrected chi connectivity index (χ2v) is 7.35. The number of carbonyl (C=O) groups is 1. The highest BCUT2D eigenvalue weighted by molar-refractivity contribution is 5.92. The van der Waals surface area contributed by atoms with Crippen molar-refractivity contribution in [3.63, 3.8) is 0 Å². The lowest BCUT2D eigenvalue weighted by atomic mass is 10.2. The lowest BCUT2D eigenvalue weighted by Crippen LogP contribution is -2.25. The molecule has 0 radical (unpaired) electrons. The predicted molar refractivity (Wildman–Crippen MR) is 126 cm³/mol. The third-order valence-electron chi connectivity index (χ3n) is 5.25. The lowest BCUT2D eigenvalue weighted by Gasteiger charge is -2.12. The quantitative estimate of drug-likeness (QED) is 0.421. The molecule has 2 aromatic carbocycles. The van der Waals surface area contributed by atoms with Gasteiger partial charge in [0.2, 0.25) is 0 Å². The van der Waals surface area contributed by atoms with Crippen LogP contribution in [0.1, 0.15) is 10.4 Å². The van der Waals surface area contributed by atoms with Crippen LogP contribution in [0.25, 0.3) is 22.4 Å². The normalized spacial score (nSPS) is 10.9. The largest absolute Gasteiger partial charge is 0.497 e. The van der Waals surface area contributed by atoms with Crippen molar-refractivity contribution in [2.75, 3.05) is 7.11 Å². The summed E-state index contributed by atoms with van der Waals surface area (Å²) in [4.78, 5) is 33.5. The molecule has 3 heterocycles. The number of hydrogen-bond donors (Lipinski definition) is 1. The van der Waals surface area contributed by atoms with Gasteiger partial charge in [0.05, 0.1) is 24.5 Å². The van der Waals surface area contributed by atoms with Crippen LogP contribution in [0, 0.1) is 0 Å². The molecule has 5 rings (SSSR count). The van der Waals surface area contributed by atoms with E-state index in [1.165, 1.54) is 21.8 Å². The Morgan fingerprint density at radius 1 is 0.971 bits per heavy atom. The van der Waals surface area contributed by atoms with E-state index < -0.39 is 11.5 Å². The molecule has 0 fully saturated rings. The molecule has 1 amide bonds. The van der Waals surface area contributed by atoms with Gasteiger partial charge in [-0.15, -0.1) is 0 Å². The molecule has 0 aliphatic rings. The fourth-order valence-corrected chi connectivity index (χ4v) is 3.61. The SMILES string of the molecule is COc1ccc2c(Oc3ccc(-n4cc(C(N)=O)c(=O)n4-c4ccccc4)nc3)ccnc2c1. The van der Waals surface area contributed by atoms with Crippen molar-refractivity contribution >= 4 is 16.8 Å². The Bertz CT molecular complexity index is 1560. The number of nitrogens with zero attached hydrogens (tertiary/aromatic N) is 4. The van der Waals surface area contributed by atoms with Gasteiger partial charge in [-0.3, -0.25) is 14.6 Å². The fourth-order valence-electron chi connectivity index (χ4n) is 3.61. The average molecular weight is 453 g/mol. The highest BCUT2D eigenvalue weighted by Gasteiger charge is 2.18. The molecule has 0 bridgehead atoms. The molecular formula is C25H19N5O4. The van der Waals surface area contributed by atoms with Crippen LogP contribution < -0.4 is 20.8 Å². The maximum absolute atomic E-state index is 12.9. The zero-order valence-electron chi connectivity index (χ0n) is 18.1. The van der Waals surface area contributed by atoms with Crippen molar-refractivity contribution in [2.45, 2.75) is 0 Å². The molecule has 9 nitrogen and oxygen atoms in total. The summed E-state index contributed by atoms with van der Waals surface area (Å²) in [5.41, 5.74) is 6.05. The summed E-state index contributed by atoms with van der Waals surface area (Å²) in [7, 11) is 1.60. The summed E-state index contributed by atoms with van der Waals surface area (Å²) in [6, 6.07) is 19.6. The Hall–Kier alpha value is -4.92. The highest BCUT2D eigenvalue weighted by atomic mass is 16.5. The van der Waals surface area contributed by atoms with Gasteiger partial charge in [0.1, 0.15) is 22.8 Å². The summed E-state index contributed by atoms with van der Waals surface area (Å²) in [6.45, 7) is 0. The Labute approximate surface area is 193 Å². The molecule has 0 saturated carbocycles. The zero-order chi connectivity index (χ0) is 23.7. The number of nitrogens with two attached hydrogens (primary N) is 1. The number of fused-ring (bicyclic) bond motifs is 1. The van der Waals surface area contributed by atoms with Gasteiger partial charge in [-0.2, -0.15) is 0 Å². The van der Waals surface area contributed by atoms with Gasteiger partial charge in [-0.1, -0.05) is 18.2 Å². The van der Waals surface area contributed by atoms with Crippen molar-refractivity contribution in [1.82, 2.24) is 19.3 Å². The van der Waals surface area contributed by atoms with Gasteiger partial charge in [0.15, 0.2) is 5.82 Å². The van der Waals surface area contributed by atoms with E-state index in [0.717, 1.165) is 10.9 Å². The van der Waals surface area contributed by atoms with E-state index in [1.807, 2.05) is 24.3 Å². The van der Waals surface area contributed by atoms with Crippen LogP contribution >= 0.6 is 0 Å². The molecule has 0 aliphatic carbocycles. The van der Waals surface area contributed by atoms with Crippen molar-refractivity contribution in [2.24, 2.45) is 5.73 Å². The maximum atomic E-state index is 12.9. The minimum absolute atomic E-state index is 0.135. The number of primary amides is 1.